The van der Waals surface area contributed by atoms with E-state index in [2.05, 4.69) is 10.3 Å². The summed E-state index contributed by atoms with van der Waals surface area (Å²) in [6.07, 6.45) is 3.84. The number of benzene rings is 1. The van der Waals surface area contributed by atoms with E-state index in [-0.39, 0.29) is 11.9 Å². The summed E-state index contributed by atoms with van der Waals surface area (Å²) in [7, 11) is 0. The fourth-order valence-electron chi connectivity index (χ4n) is 2.58. The number of rotatable bonds is 2. The molecular formula is C15H12N3O2+. The van der Waals surface area contributed by atoms with Gasteiger partial charge in [-0.3, -0.25) is 5.32 Å². The molecule has 1 aliphatic rings. The third-order valence-corrected chi connectivity index (χ3v) is 3.52. The second-order valence-corrected chi connectivity index (χ2v) is 4.79. The highest BCUT2D eigenvalue weighted by Gasteiger charge is 2.40. The fraction of sp³-hybridized carbons (Fsp3) is 0.133. The van der Waals surface area contributed by atoms with Crippen LogP contribution >= 0.6 is 0 Å². The molecule has 1 unspecified atom stereocenters. The Labute approximate surface area is 114 Å². The van der Waals surface area contributed by atoms with Crippen LogP contribution < -0.4 is 9.88 Å². The third-order valence-electron chi connectivity index (χ3n) is 3.52. The minimum atomic E-state index is -0.311. The molecule has 5 nitrogen and oxygen atoms in total. The first-order valence-corrected chi connectivity index (χ1v) is 6.46. The van der Waals surface area contributed by atoms with Gasteiger partial charge in [0.05, 0.1) is 12.7 Å². The largest absolute Gasteiger partial charge is 0.469 e. The van der Waals surface area contributed by atoms with Gasteiger partial charge in [0.25, 0.3) is 0 Å². The summed E-state index contributed by atoms with van der Waals surface area (Å²) in [5.74, 6) is 1.54. The second kappa shape index (κ2) is 4.16. The average molecular weight is 266 g/mol. The molecule has 0 saturated heterocycles. The number of nitrogens with zero attached hydrogens (tertiary/aromatic N) is 2. The summed E-state index contributed by atoms with van der Waals surface area (Å²) in [6, 6.07) is 11.0. The molecular weight excluding hydrogens is 254 g/mol. The SMILES string of the molecule is O=C1C(Cc2ccco2)Nc2cnc3ccccc3[n+]21. The van der Waals surface area contributed by atoms with E-state index in [4.69, 9.17) is 4.42 Å². The molecule has 1 atom stereocenters. The number of nitrogens with one attached hydrogen (secondary N) is 1. The first-order chi connectivity index (χ1) is 9.83. The van der Waals surface area contributed by atoms with Crippen molar-refractivity contribution in [1.29, 1.82) is 0 Å². The molecule has 20 heavy (non-hydrogen) atoms. The number of carbonyl (C=O) groups is 1. The van der Waals surface area contributed by atoms with Gasteiger partial charge in [0.2, 0.25) is 6.04 Å². The number of hydrogen-bond acceptors (Lipinski definition) is 4. The van der Waals surface area contributed by atoms with Crippen molar-refractivity contribution in [1.82, 2.24) is 4.98 Å². The minimum absolute atomic E-state index is 0.0231. The molecule has 3 aromatic rings. The first kappa shape index (κ1) is 11.2. The van der Waals surface area contributed by atoms with Gasteiger partial charge in [-0.2, -0.15) is 4.57 Å². The smallest absolute Gasteiger partial charge is 0.360 e. The zero-order chi connectivity index (χ0) is 13.5. The zero-order valence-corrected chi connectivity index (χ0v) is 10.6. The number of furan rings is 1. The van der Waals surface area contributed by atoms with Crippen LogP contribution in [-0.4, -0.2) is 16.9 Å². The third kappa shape index (κ3) is 1.60. The van der Waals surface area contributed by atoms with Gasteiger partial charge in [-0.05, 0) is 24.3 Å². The molecule has 0 aliphatic carbocycles. The highest BCUT2D eigenvalue weighted by molar-refractivity contribution is 5.86. The van der Waals surface area contributed by atoms with Crippen molar-refractivity contribution in [3.63, 3.8) is 0 Å². The van der Waals surface area contributed by atoms with Crippen molar-refractivity contribution in [2.24, 2.45) is 0 Å². The van der Waals surface area contributed by atoms with E-state index in [9.17, 15) is 4.79 Å². The van der Waals surface area contributed by atoms with Crippen molar-refractivity contribution in [3.05, 3.63) is 54.6 Å². The highest BCUT2D eigenvalue weighted by atomic mass is 16.3. The number of para-hydroxylation sites is 2. The average Bonchev–Trinajstić information content (AvgIpc) is 3.08. The molecule has 1 aliphatic heterocycles. The van der Waals surface area contributed by atoms with Crippen LogP contribution in [0.5, 0.6) is 0 Å². The molecule has 0 fully saturated rings. The van der Waals surface area contributed by atoms with Crippen molar-refractivity contribution in [2.75, 3.05) is 5.32 Å². The molecule has 2 aromatic heterocycles. The molecule has 1 N–H and O–H groups in total. The monoisotopic (exact) mass is 266 g/mol. The maximum absolute atomic E-state index is 12.6. The lowest BCUT2D eigenvalue weighted by molar-refractivity contribution is -0.524. The van der Waals surface area contributed by atoms with Gasteiger partial charge in [-0.1, -0.05) is 12.1 Å². The van der Waals surface area contributed by atoms with Gasteiger partial charge < -0.3 is 4.42 Å². The highest BCUT2D eigenvalue weighted by Crippen LogP contribution is 2.18. The van der Waals surface area contributed by atoms with E-state index >= 15 is 0 Å². The van der Waals surface area contributed by atoms with Crippen LogP contribution in [-0.2, 0) is 6.42 Å². The Balaban J connectivity index is 1.77. The van der Waals surface area contributed by atoms with Gasteiger partial charge in [0.15, 0.2) is 5.52 Å². The molecule has 0 spiro atoms. The summed E-state index contributed by atoms with van der Waals surface area (Å²) < 4.78 is 7.00. The van der Waals surface area contributed by atoms with Crippen LogP contribution in [0.25, 0.3) is 11.0 Å². The predicted octanol–water partition coefficient (Wildman–Crippen LogP) is 1.79. The van der Waals surface area contributed by atoms with Crippen LogP contribution in [0, 0.1) is 0 Å². The topological polar surface area (TPSA) is 59.0 Å². The van der Waals surface area contributed by atoms with Gasteiger partial charge >= 0.3 is 11.7 Å². The minimum Gasteiger partial charge on any atom is -0.469 e. The van der Waals surface area contributed by atoms with Crippen LogP contribution in [0.15, 0.2) is 53.3 Å². The maximum Gasteiger partial charge on any atom is 0.360 e. The Morgan fingerprint density at radius 2 is 2.15 bits per heavy atom. The molecule has 0 bridgehead atoms. The maximum atomic E-state index is 12.6. The Hall–Kier alpha value is -2.69. The standard InChI is InChI=1S/C15H11N3O2/c19-15-12(8-10-4-3-7-20-10)17-14-9-16-11-5-1-2-6-13(11)18(14)15/h1-7,9,12H,8H2/p+1. The van der Waals surface area contributed by atoms with Crippen LogP contribution in [0.4, 0.5) is 5.82 Å². The van der Waals surface area contributed by atoms with Crippen molar-refractivity contribution >= 4 is 22.8 Å². The molecule has 0 amide bonds. The summed E-state index contributed by atoms with van der Waals surface area (Å²) >= 11 is 0. The molecule has 5 heteroatoms. The van der Waals surface area contributed by atoms with E-state index in [1.165, 1.54) is 0 Å². The van der Waals surface area contributed by atoms with Crippen molar-refractivity contribution in [3.8, 4) is 0 Å². The second-order valence-electron chi connectivity index (χ2n) is 4.79. The lowest BCUT2D eigenvalue weighted by Gasteiger charge is -1.99. The number of hydrogen-bond donors (Lipinski definition) is 1. The molecule has 4 rings (SSSR count). The zero-order valence-electron chi connectivity index (χ0n) is 10.6. The summed E-state index contributed by atoms with van der Waals surface area (Å²) in [6.45, 7) is 0. The van der Waals surface area contributed by atoms with E-state index in [1.807, 2.05) is 36.4 Å². The molecule has 3 heterocycles. The van der Waals surface area contributed by atoms with Crippen LogP contribution in [0.3, 0.4) is 0 Å². The Bertz CT molecular complexity index is 796. The number of anilines is 1. The first-order valence-electron chi connectivity index (χ1n) is 6.46. The number of aromatic nitrogens is 2. The number of fused-ring (bicyclic) bond motifs is 3. The normalized spacial score (nSPS) is 17.2. The van der Waals surface area contributed by atoms with Gasteiger partial charge in [-0.25, -0.2) is 9.78 Å². The molecule has 0 radical (unpaired) electrons. The molecule has 98 valence electrons. The van der Waals surface area contributed by atoms with E-state index in [0.29, 0.717) is 6.42 Å². The van der Waals surface area contributed by atoms with E-state index in [0.717, 1.165) is 22.6 Å². The van der Waals surface area contributed by atoms with Gasteiger partial charge in [0.1, 0.15) is 17.5 Å². The van der Waals surface area contributed by atoms with E-state index < -0.39 is 0 Å². The fourth-order valence-corrected chi connectivity index (χ4v) is 2.58. The number of carbonyl (C=O) groups excluding carboxylic acids is 1. The van der Waals surface area contributed by atoms with Crippen molar-refractivity contribution in [2.45, 2.75) is 12.5 Å². The quantitative estimate of drug-likeness (QED) is 0.718. The summed E-state index contributed by atoms with van der Waals surface area (Å²) in [5.41, 5.74) is 1.63. The van der Waals surface area contributed by atoms with Crippen LogP contribution in [0.1, 0.15) is 10.6 Å². The van der Waals surface area contributed by atoms with Gasteiger partial charge in [-0.15, -0.1) is 0 Å². The Morgan fingerprint density at radius 1 is 1.25 bits per heavy atom. The predicted molar refractivity (Wildman–Crippen MR) is 72.4 cm³/mol. The van der Waals surface area contributed by atoms with E-state index in [1.54, 1.807) is 17.0 Å². The Morgan fingerprint density at radius 3 is 3.00 bits per heavy atom. The molecule has 0 saturated carbocycles. The van der Waals surface area contributed by atoms with Crippen LogP contribution in [0.2, 0.25) is 0 Å². The van der Waals surface area contributed by atoms with Crippen molar-refractivity contribution < 1.29 is 13.8 Å². The van der Waals surface area contributed by atoms with Gasteiger partial charge in [0, 0.05) is 0 Å². The summed E-state index contributed by atoms with van der Waals surface area (Å²) in [4.78, 5) is 16.9. The Kier molecular flexibility index (Phi) is 2.32. The summed E-state index contributed by atoms with van der Waals surface area (Å²) in [5, 5.41) is 3.21. The molecule has 1 aromatic carbocycles. The lowest BCUT2D eigenvalue weighted by Crippen LogP contribution is -2.44. The lowest BCUT2D eigenvalue weighted by atomic mass is 10.1.